The molecule has 0 aliphatic carbocycles. The minimum absolute atomic E-state index is 0.0530. The Balaban J connectivity index is 0.000000183. The number of carbonyl (C=O) groups is 6. The van der Waals surface area contributed by atoms with Crippen molar-refractivity contribution in [3.8, 4) is 34.0 Å². The van der Waals surface area contributed by atoms with E-state index in [1.165, 1.54) is 110 Å². The van der Waals surface area contributed by atoms with Gasteiger partial charge in [0.05, 0.1) is 61.9 Å². The van der Waals surface area contributed by atoms with Crippen molar-refractivity contribution in [2.75, 3.05) is 89.5 Å². The smallest absolute Gasteiger partial charge is 0.338 e. The molecule has 5 atom stereocenters. The predicted molar refractivity (Wildman–Crippen MR) is 391 cm³/mol. The number of Topliss-reactive ketones (excluding diaryl/α,β-unsaturated/α-hetero) is 2. The SMILES string of the molecule is COC(=O)C1=C(CN2CCN3C(=O)N(c4nc(-c5ccc(OC(C)(C)C(C)=O)cc5)cs4)C[C@@H]3C2)NC(c2nccs2)=N[C@H]1c1ccc(F)cc1Cl.COC(=O)C1=C(CN2CCN3C(=O)N(c4nc(-c5ccc(O[C@H](C)C(C)=O)cc5)cs4)C[C@@H]3C2)NC(c2nccs2)=N[C@H]1c1ccc(F)cc1Cl. The number of piperazine rings is 2. The number of ether oxygens (including phenoxy) is 4. The second-order valence-electron chi connectivity index (χ2n) is 25.4. The van der Waals surface area contributed by atoms with E-state index in [1.54, 1.807) is 67.2 Å². The van der Waals surface area contributed by atoms with Crippen LogP contribution in [0.25, 0.3) is 22.5 Å². The summed E-state index contributed by atoms with van der Waals surface area (Å²) >= 11 is 18.6. The van der Waals surface area contributed by atoms with Crippen LogP contribution in [0, 0.1) is 11.6 Å². The second-order valence-corrected chi connectivity index (χ2v) is 29.6. The number of halogens is 4. The van der Waals surface area contributed by atoms with E-state index in [4.69, 9.17) is 62.1 Å². The molecule has 6 aliphatic rings. The first-order chi connectivity index (χ1) is 49.5. The van der Waals surface area contributed by atoms with Gasteiger partial charge in [0.25, 0.3) is 0 Å². The van der Waals surface area contributed by atoms with E-state index < -0.39 is 47.4 Å². The number of amidine groups is 2. The molecule has 4 fully saturated rings. The summed E-state index contributed by atoms with van der Waals surface area (Å²) in [5.74, 6) is -0.200. The van der Waals surface area contributed by atoms with Crippen LogP contribution in [0.2, 0.25) is 10.0 Å². The highest BCUT2D eigenvalue weighted by atomic mass is 35.5. The van der Waals surface area contributed by atoms with Crippen molar-refractivity contribution in [1.29, 1.82) is 0 Å². The van der Waals surface area contributed by atoms with Gasteiger partial charge in [0.15, 0.2) is 55.2 Å². The molecule has 14 rings (SSSR count). The van der Waals surface area contributed by atoms with Gasteiger partial charge in [0.2, 0.25) is 0 Å². The molecule has 6 aliphatic heterocycles. The number of carbonyl (C=O) groups excluding carboxylic acids is 6. The number of nitrogens with zero attached hydrogens (tertiary/aromatic N) is 12. The van der Waals surface area contributed by atoms with E-state index in [0.717, 1.165) is 22.5 Å². The van der Waals surface area contributed by atoms with Crippen molar-refractivity contribution < 1.29 is 56.5 Å². The van der Waals surface area contributed by atoms with Gasteiger partial charge in [-0.3, -0.25) is 39.2 Å². The van der Waals surface area contributed by atoms with Crippen molar-refractivity contribution >= 4 is 126 Å². The van der Waals surface area contributed by atoms with Crippen LogP contribution < -0.4 is 29.9 Å². The topological polar surface area (TPSA) is 259 Å². The van der Waals surface area contributed by atoms with Gasteiger partial charge in [-0.2, -0.15) is 0 Å². The van der Waals surface area contributed by atoms with Gasteiger partial charge in [-0.15, -0.1) is 45.3 Å². The normalized spacial score (nSPS) is 19.6. The van der Waals surface area contributed by atoms with Crippen molar-refractivity contribution in [3.05, 3.63) is 184 Å². The Hall–Kier alpha value is -9.40. The molecule has 32 heteroatoms. The highest BCUT2D eigenvalue weighted by Gasteiger charge is 2.46. The van der Waals surface area contributed by atoms with E-state index in [1.807, 2.05) is 55.6 Å². The quantitative estimate of drug-likeness (QED) is 0.0672. The lowest BCUT2D eigenvalue weighted by molar-refractivity contribution is -0.137. The van der Waals surface area contributed by atoms with Crippen molar-refractivity contribution in [2.45, 2.75) is 70.5 Å². The number of rotatable bonds is 20. The van der Waals surface area contributed by atoms with Gasteiger partial charge in [0, 0.05) is 130 Å². The number of anilines is 2. The third-order valence-electron chi connectivity index (χ3n) is 18.3. The first-order valence-corrected chi connectivity index (χ1v) is 36.9. The molecule has 534 valence electrons. The number of thiazole rings is 4. The summed E-state index contributed by atoms with van der Waals surface area (Å²) in [5, 5.41) is 16.9. The fraction of sp³-hybridized carbons (Fsp3) is 0.324. The monoisotopic (exact) mass is 1510 g/mol. The number of aromatic nitrogens is 4. The summed E-state index contributed by atoms with van der Waals surface area (Å²) in [7, 11) is 2.61. The first kappa shape index (κ1) is 72.0. The zero-order chi connectivity index (χ0) is 72.5. The first-order valence-electron chi connectivity index (χ1n) is 32.6. The van der Waals surface area contributed by atoms with Gasteiger partial charge < -0.3 is 39.4 Å². The van der Waals surface area contributed by atoms with Gasteiger partial charge in [-0.1, -0.05) is 35.3 Å². The van der Waals surface area contributed by atoms with Crippen LogP contribution >= 0.6 is 68.5 Å². The molecule has 0 radical (unpaired) electrons. The summed E-state index contributed by atoms with van der Waals surface area (Å²) in [6.07, 6.45) is 2.80. The molecule has 4 aromatic carbocycles. The lowest BCUT2D eigenvalue weighted by Crippen LogP contribution is -2.53. The maximum atomic E-state index is 14.1. The van der Waals surface area contributed by atoms with Crippen LogP contribution in [0.4, 0.5) is 28.6 Å². The number of methoxy groups -OCH3 is 2. The molecule has 10 heterocycles. The van der Waals surface area contributed by atoms with Crippen LogP contribution in [-0.2, 0) is 28.7 Å². The highest BCUT2D eigenvalue weighted by Crippen LogP contribution is 2.41. The van der Waals surface area contributed by atoms with Crippen LogP contribution in [-0.4, -0.2) is 190 Å². The highest BCUT2D eigenvalue weighted by molar-refractivity contribution is 7.14. The molecular formula is C71H68Cl2F2N14O10S4. The van der Waals surface area contributed by atoms with Crippen molar-refractivity contribution in [3.63, 3.8) is 0 Å². The molecule has 0 unspecified atom stereocenters. The number of benzene rings is 4. The van der Waals surface area contributed by atoms with Crippen LogP contribution in [0.5, 0.6) is 11.5 Å². The molecule has 0 saturated carbocycles. The molecule has 103 heavy (non-hydrogen) atoms. The predicted octanol–water partition coefficient (Wildman–Crippen LogP) is 11.5. The van der Waals surface area contributed by atoms with Gasteiger partial charge in [-0.05, 0) is 107 Å². The van der Waals surface area contributed by atoms with E-state index in [2.05, 4.69) is 30.4 Å². The maximum absolute atomic E-state index is 14.1. The lowest BCUT2D eigenvalue weighted by atomic mass is 9.95. The number of aliphatic imine (C=N–C) groups is 2. The minimum Gasteiger partial charge on any atom is -0.483 e. The molecule has 8 aromatic rings. The Morgan fingerprint density at radius 2 is 1.05 bits per heavy atom. The molecule has 2 N–H and O–H groups in total. The number of hydrogen-bond donors (Lipinski definition) is 2. The van der Waals surface area contributed by atoms with E-state index in [-0.39, 0.29) is 56.9 Å². The van der Waals surface area contributed by atoms with Gasteiger partial charge in [0.1, 0.15) is 35.2 Å². The fourth-order valence-corrected chi connectivity index (χ4v) is 16.0. The zero-order valence-corrected chi connectivity index (χ0v) is 61.4. The average molecular weight is 1510 g/mol. The number of esters is 2. The number of amides is 4. The molecule has 4 amide bonds. The van der Waals surface area contributed by atoms with Gasteiger partial charge >= 0.3 is 24.0 Å². The molecule has 4 aromatic heterocycles. The van der Waals surface area contributed by atoms with Crippen molar-refractivity contribution in [2.24, 2.45) is 9.98 Å². The Kier molecular flexibility index (Phi) is 21.3. The Bertz CT molecular complexity index is 4710. The molecular weight excluding hydrogens is 1450 g/mol. The zero-order valence-electron chi connectivity index (χ0n) is 56.6. The summed E-state index contributed by atoms with van der Waals surface area (Å²) < 4.78 is 50.1. The third kappa shape index (κ3) is 15.5. The summed E-state index contributed by atoms with van der Waals surface area (Å²) in [5.41, 5.74) is 4.85. The molecule has 0 spiro atoms. The van der Waals surface area contributed by atoms with E-state index >= 15 is 0 Å². The van der Waals surface area contributed by atoms with Crippen molar-refractivity contribution in [1.82, 2.24) is 50.2 Å². The van der Waals surface area contributed by atoms with E-state index in [0.29, 0.717) is 131 Å². The summed E-state index contributed by atoms with van der Waals surface area (Å²) in [6.45, 7) is 12.9. The minimum atomic E-state index is -0.930. The Morgan fingerprint density at radius 3 is 1.44 bits per heavy atom. The summed E-state index contributed by atoms with van der Waals surface area (Å²) in [6, 6.07) is 20.6. The number of ketones is 2. The van der Waals surface area contributed by atoms with Crippen LogP contribution in [0.15, 0.2) is 151 Å². The molecule has 24 nitrogen and oxygen atoms in total. The summed E-state index contributed by atoms with van der Waals surface area (Å²) in [4.78, 5) is 117. The number of urea groups is 2. The van der Waals surface area contributed by atoms with Gasteiger partial charge in [-0.25, -0.2) is 47.9 Å². The largest absolute Gasteiger partial charge is 0.483 e. The Labute approximate surface area is 616 Å². The second kappa shape index (κ2) is 30.5. The average Bonchev–Trinajstić information content (AvgIpc) is 1.76. The van der Waals surface area contributed by atoms with E-state index in [9.17, 15) is 37.5 Å². The number of hydrogen-bond acceptors (Lipinski definition) is 24. The van der Waals surface area contributed by atoms with Crippen LogP contribution in [0.3, 0.4) is 0 Å². The Morgan fingerprint density at radius 1 is 0.612 bits per heavy atom. The molecule has 4 saturated heterocycles. The lowest BCUT2D eigenvalue weighted by Gasteiger charge is -2.38. The fourth-order valence-electron chi connectivity index (χ4n) is 12.6. The maximum Gasteiger partial charge on any atom is 0.338 e. The third-order valence-corrected chi connectivity index (χ3v) is 22.3. The standard InChI is InChI=1S/C36H35ClFN7O5S2.C35H33ClFN7O5S2/c1-20(46)36(2,3)50-24-8-5-21(6-9-24)28-19-52-34(41-28)45-17-23-16-43(12-13-44(23)35(45)48)18-27-29(33(47)49-4)30(25-10-7-22(38)15-26(25)37)42-31(40-27)32-39-11-14-51-32;1-19(45)20(2)49-24-7-4-21(5-8-24)28-18-51-34(40-28)44-16-23-15-42(11-12-43(23)35(44)47)17-27-29(33(46)48-3)30(25-9-6-22(37)14-26(25)36)41-31(39-27)32-38-10-13-50-32/h5-11,14-15,19,23,30H,12-13,16-18H2,1-4H3,(H,40,42);4-10,13-14,18,20,23,30H,11-12,15-17H2,1-3H3,(H,39,41)/t23-,30-;20-,23+,30+/m01/s1. The van der Waals surface area contributed by atoms with Crippen LogP contribution in [0.1, 0.15) is 67.8 Å². The number of nitrogens with one attached hydrogen (secondary N) is 2. The molecule has 0 bridgehead atoms. The number of fused-ring (bicyclic) bond motifs is 2.